The molecular weight excluding hydrogens is 270 g/mol. The van der Waals surface area contributed by atoms with Gasteiger partial charge in [-0.05, 0) is 6.92 Å². The van der Waals surface area contributed by atoms with Crippen molar-refractivity contribution in [3.05, 3.63) is 11.5 Å². The first kappa shape index (κ1) is 15.6. The first-order chi connectivity index (χ1) is 9.65. The second-order valence-electron chi connectivity index (χ2n) is 5.24. The quantitative estimate of drug-likeness (QED) is 0.795. The lowest BCUT2D eigenvalue weighted by Gasteiger charge is -2.32. The van der Waals surface area contributed by atoms with E-state index in [0.29, 0.717) is 11.2 Å². The lowest BCUT2D eigenvalue weighted by molar-refractivity contribution is 0.155. The van der Waals surface area contributed by atoms with E-state index in [1.165, 1.54) is 4.90 Å². The maximum absolute atomic E-state index is 5.65. The van der Waals surface area contributed by atoms with E-state index < -0.39 is 0 Å². The fraction of sp³-hybridized carbons (Fsp3) is 0.733. The molecular formula is C15H25N3OS. The number of ether oxygens (including phenoxy) is 1. The van der Waals surface area contributed by atoms with Gasteiger partial charge in [0, 0.05) is 19.0 Å². The van der Waals surface area contributed by atoms with Crippen LogP contribution in [-0.2, 0) is 4.74 Å². The van der Waals surface area contributed by atoms with Gasteiger partial charge in [-0.3, -0.25) is 0 Å². The van der Waals surface area contributed by atoms with E-state index in [2.05, 4.69) is 30.7 Å². The molecule has 1 saturated heterocycles. The van der Waals surface area contributed by atoms with Gasteiger partial charge in [0.25, 0.3) is 0 Å². The molecule has 112 valence electrons. The van der Waals surface area contributed by atoms with Crippen molar-refractivity contribution in [2.24, 2.45) is 0 Å². The number of nitrogens with zero attached hydrogens (tertiary/aromatic N) is 3. The normalized spacial score (nSPS) is 20.9. The summed E-state index contributed by atoms with van der Waals surface area (Å²) in [5.41, 5.74) is 1.12. The molecule has 2 aliphatic rings. The van der Waals surface area contributed by atoms with Crippen molar-refractivity contribution >= 4 is 17.6 Å². The molecule has 3 rings (SSSR count). The van der Waals surface area contributed by atoms with Crippen molar-refractivity contribution in [3.63, 3.8) is 0 Å². The Kier molecular flexibility index (Phi) is 5.27. The number of thioether (sulfide) groups is 1. The number of fused-ring (bicyclic) bond motifs is 4. The molecule has 0 aromatic carbocycles. The molecule has 1 atom stereocenters. The van der Waals surface area contributed by atoms with Crippen LogP contribution in [0.2, 0.25) is 0 Å². The van der Waals surface area contributed by atoms with Crippen LogP contribution in [0.4, 0.5) is 5.82 Å². The molecule has 4 nitrogen and oxygen atoms in total. The maximum Gasteiger partial charge on any atom is 0.146 e. The SMILES string of the molecule is CC.Cc1nc(C(C)C)nc2c1SC1COCCN2C1. The zero-order valence-electron chi connectivity index (χ0n) is 13.1. The fourth-order valence-electron chi connectivity index (χ4n) is 2.39. The Labute approximate surface area is 126 Å². The van der Waals surface area contributed by atoms with Gasteiger partial charge in [-0.2, -0.15) is 0 Å². The van der Waals surface area contributed by atoms with Crippen molar-refractivity contribution in [1.29, 1.82) is 0 Å². The number of hydrogen-bond acceptors (Lipinski definition) is 5. The Hall–Kier alpha value is -0.810. The summed E-state index contributed by atoms with van der Waals surface area (Å²) in [4.78, 5) is 13.0. The molecule has 0 saturated carbocycles. The monoisotopic (exact) mass is 295 g/mol. The van der Waals surface area contributed by atoms with Crippen molar-refractivity contribution in [3.8, 4) is 0 Å². The Morgan fingerprint density at radius 1 is 1.30 bits per heavy atom. The van der Waals surface area contributed by atoms with E-state index in [-0.39, 0.29) is 0 Å². The summed E-state index contributed by atoms with van der Waals surface area (Å²) in [6.07, 6.45) is 0. The molecule has 0 amide bonds. The van der Waals surface area contributed by atoms with E-state index in [4.69, 9.17) is 9.72 Å². The predicted octanol–water partition coefficient (Wildman–Crippen LogP) is 3.25. The fourth-order valence-corrected chi connectivity index (χ4v) is 3.64. The van der Waals surface area contributed by atoms with Crippen LogP contribution in [0.15, 0.2) is 4.90 Å². The average molecular weight is 295 g/mol. The molecule has 20 heavy (non-hydrogen) atoms. The van der Waals surface area contributed by atoms with Crippen molar-refractivity contribution < 1.29 is 4.74 Å². The zero-order valence-corrected chi connectivity index (χ0v) is 14.0. The largest absolute Gasteiger partial charge is 0.378 e. The van der Waals surface area contributed by atoms with Crippen LogP contribution in [0.25, 0.3) is 0 Å². The number of aryl methyl sites for hydroxylation is 1. The van der Waals surface area contributed by atoms with Crippen molar-refractivity contribution in [2.45, 2.75) is 50.7 Å². The Bertz CT molecular complexity index is 465. The third kappa shape index (κ3) is 3.09. The first-order valence-electron chi connectivity index (χ1n) is 7.53. The van der Waals surface area contributed by atoms with Gasteiger partial charge in [0.2, 0.25) is 0 Å². The van der Waals surface area contributed by atoms with Crippen LogP contribution < -0.4 is 4.90 Å². The van der Waals surface area contributed by atoms with Gasteiger partial charge in [-0.25, -0.2) is 9.97 Å². The lowest BCUT2D eigenvalue weighted by Crippen LogP contribution is -2.36. The van der Waals surface area contributed by atoms with Gasteiger partial charge in [-0.1, -0.05) is 27.7 Å². The van der Waals surface area contributed by atoms with Gasteiger partial charge >= 0.3 is 0 Å². The minimum absolute atomic E-state index is 0.375. The molecule has 5 heteroatoms. The predicted molar refractivity (Wildman–Crippen MR) is 84.9 cm³/mol. The molecule has 0 radical (unpaired) electrons. The van der Waals surface area contributed by atoms with Crippen LogP contribution in [-0.4, -0.2) is 41.5 Å². The molecule has 0 aliphatic carbocycles. The topological polar surface area (TPSA) is 38.3 Å². The molecule has 1 unspecified atom stereocenters. The average Bonchev–Trinajstić information content (AvgIpc) is 2.64. The minimum Gasteiger partial charge on any atom is -0.378 e. The molecule has 2 aliphatic heterocycles. The van der Waals surface area contributed by atoms with Gasteiger partial charge in [0.1, 0.15) is 11.6 Å². The lowest BCUT2D eigenvalue weighted by atomic mass is 10.2. The van der Waals surface area contributed by atoms with Gasteiger partial charge in [0.05, 0.1) is 29.1 Å². The number of aromatic nitrogens is 2. The van der Waals surface area contributed by atoms with Gasteiger partial charge in [0.15, 0.2) is 0 Å². The summed E-state index contributed by atoms with van der Waals surface area (Å²) >= 11 is 1.88. The molecule has 1 fully saturated rings. The van der Waals surface area contributed by atoms with Gasteiger partial charge < -0.3 is 9.64 Å². The highest BCUT2D eigenvalue weighted by atomic mass is 32.2. The highest BCUT2D eigenvalue weighted by Crippen LogP contribution is 2.40. The summed E-state index contributed by atoms with van der Waals surface area (Å²) in [5, 5.41) is 0.521. The van der Waals surface area contributed by atoms with Crippen LogP contribution in [0, 0.1) is 6.92 Å². The summed E-state index contributed by atoms with van der Waals surface area (Å²) in [6.45, 7) is 14.0. The third-order valence-electron chi connectivity index (χ3n) is 3.37. The minimum atomic E-state index is 0.375. The Balaban J connectivity index is 0.000000704. The van der Waals surface area contributed by atoms with Crippen LogP contribution in [0.1, 0.15) is 45.1 Å². The maximum atomic E-state index is 5.65. The molecule has 0 N–H and O–H groups in total. The van der Waals surface area contributed by atoms with Crippen LogP contribution in [0.3, 0.4) is 0 Å². The van der Waals surface area contributed by atoms with E-state index in [1.54, 1.807) is 0 Å². The van der Waals surface area contributed by atoms with Crippen molar-refractivity contribution in [2.75, 3.05) is 31.2 Å². The third-order valence-corrected chi connectivity index (χ3v) is 4.70. The Morgan fingerprint density at radius 3 is 2.75 bits per heavy atom. The van der Waals surface area contributed by atoms with E-state index in [1.807, 2.05) is 25.6 Å². The summed E-state index contributed by atoms with van der Waals surface area (Å²) < 4.78 is 5.65. The molecule has 1 aromatic rings. The molecule has 1 aromatic heterocycles. The van der Waals surface area contributed by atoms with E-state index in [0.717, 1.165) is 43.6 Å². The summed E-state index contributed by atoms with van der Waals surface area (Å²) in [6, 6.07) is 0. The van der Waals surface area contributed by atoms with Crippen molar-refractivity contribution in [1.82, 2.24) is 9.97 Å². The standard InChI is InChI=1S/C13H19N3OS.C2H6/c1-8(2)12-14-9(3)11-13(15-12)16-4-5-17-7-10(6-16)18-11;1-2/h8,10H,4-7H2,1-3H3;1-2H3. The Morgan fingerprint density at radius 2 is 2.05 bits per heavy atom. The second kappa shape index (κ2) is 6.76. The number of rotatable bonds is 1. The number of anilines is 1. The summed E-state index contributed by atoms with van der Waals surface area (Å²) in [5.74, 6) is 2.45. The smallest absolute Gasteiger partial charge is 0.146 e. The van der Waals surface area contributed by atoms with Gasteiger partial charge in [-0.15, -0.1) is 11.8 Å². The second-order valence-corrected chi connectivity index (χ2v) is 6.55. The first-order valence-corrected chi connectivity index (χ1v) is 8.41. The highest BCUT2D eigenvalue weighted by Gasteiger charge is 2.30. The summed E-state index contributed by atoms with van der Waals surface area (Å²) in [7, 11) is 0. The van der Waals surface area contributed by atoms with Crippen LogP contribution in [0.5, 0.6) is 0 Å². The zero-order chi connectivity index (χ0) is 14.7. The molecule has 2 bridgehead atoms. The molecule has 3 heterocycles. The highest BCUT2D eigenvalue weighted by molar-refractivity contribution is 8.00. The number of hydrogen-bond donors (Lipinski definition) is 0. The van der Waals surface area contributed by atoms with E-state index >= 15 is 0 Å². The van der Waals surface area contributed by atoms with E-state index in [9.17, 15) is 0 Å². The molecule has 0 spiro atoms. The van der Waals surface area contributed by atoms with Crippen LogP contribution >= 0.6 is 11.8 Å².